The standard InChI is InChI=1S/C18H19N3O4S/c1-13-6-7-14(10-19-13)24-15-8-9-21(11-15)26(22,23)12-17-16-4-2-3-5-18(16)25-20-17/h2-7,10,15H,8-9,11-12H2,1H3/t15-/m0/s1. The highest BCUT2D eigenvalue weighted by Crippen LogP contribution is 2.24. The summed E-state index contributed by atoms with van der Waals surface area (Å²) in [6.07, 6.45) is 2.13. The predicted molar refractivity (Wildman–Crippen MR) is 96.2 cm³/mol. The van der Waals surface area contributed by atoms with Gasteiger partial charge in [-0.1, -0.05) is 17.3 Å². The fourth-order valence-electron chi connectivity index (χ4n) is 3.07. The third-order valence-corrected chi connectivity index (χ3v) is 6.22. The van der Waals surface area contributed by atoms with Gasteiger partial charge >= 0.3 is 0 Å². The van der Waals surface area contributed by atoms with Crippen molar-refractivity contribution in [2.45, 2.75) is 25.2 Å². The second-order valence-corrected chi connectivity index (χ2v) is 8.37. The molecule has 1 fully saturated rings. The summed E-state index contributed by atoms with van der Waals surface area (Å²) in [7, 11) is -3.49. The molecule has 0 unspecified atom stereocenters. The molecule has 1 aliphatic heterocycles. The Morgan fingerprint density at radius 3 is 2.92 bits per heavy atom. The van der Waals surface area contributed by atoms with Gasteiger partial charge in [-0.05, 0) is 37.6 Å². The molecule has 4 rings (SSSR count). The van der Waals surface area contributed by atoms with E-state index in [0.717, 1.165) is 11.1 Å². The van der Waals surface area contributed by atoms with Crippen LogP contribution in [0.4, 0.5) is 0 Å². The van der Waals surface area contributed by atoms with Crippen molar-refractivity contribution in [1.29, 1.82) is 0 Å². The summed E-state index contributed by atoms with van der Waals surface area (Å²) in [6, 6.07) is 11.0. The molecule has 2 aromatic heterocycles. The Labute approximate surface area is 151 Å². The average Bonchev–Trinajstić information content (AvgIpc) is 3.25. The Morgan fingerprint density at radius 2 is 2.12 bits per heavy atom. The molecule has 8 heteroatoms. The van der Waals surface area contributed by atoms with Crippen molar-refractivity contribution in [2.24, 2.45) is 0 Å². The van der Waals surface area contributed by atoms with E-state index in [1.807, 2.05) is 37.3 Å². The van der Waals surface area contributed by atoms with Gasteiger partial charge < -0.3 is 9.26 Å². The fourth-order valence-corrected chi connectivity index (χ4v) is 4.58. The van der Waals surface area contributed by atoms with E-state index in [-0.39, 0.29) is 11.9 Å². The number of para-hydroxylation sites is 1. The first kappa shape index (κ1) is 17.0. The Bertz CT molecular complexity index is 1010. The zero-order chi connectivity index (χ0) is 18.1. The number of hydrogen-bond acceptors (Lipinski definition) is 6. The lowest BCUT2D eigenvalue weighted by atomic mass is 10.2. The average molecular weight is 373 g/mol. The van der Waals surface area contributed by atoms with E-state index in [4.69, 9.17) is 9.26 Å². The highest BCUT2D eigenvalue weighted by Gasteiger charge is 2.33. The number of ether oxygens (including phenoxy) is 1. The van der Waals surface area contributed by atoms with Gasteiger partial charge in [-0.3, -0.25) is 4.98 Å². The normalized spacial score (nSPS) is 18.4. The van der Waals surface area contributed by atoms with Crippen LogP contribution in [0.25, 0.3) is 11.0 Å². The van der Waals surface area contributed by atoms with Crippen LogP contribution in [0.2, 0.25) is 0 Å². The molecule has 1 saturated heterocycles. The minimum Gasteiger partial charge on any atom is -0.487 e. The molecule has 0 radical (unpaired) electrons. The topological polar surface area (TPSA) is 85.5 Å². The summed E-state index contributed by atoms with van der Waals surface area (Å²) in [5.41, 5.74) is 1.94. The van der Waals surface area contributed by atoms with Gasteiger partial charge in [0.15, 0.2) is 5.58 Å². The van der Waals surface area contributed by atoms with Gasteiger partial charge in [0, 0.05) is 17.6 Å². The molecule has 0 bridgehead atoms. The molecule has 3 aromatic rings. The lowest BCUT2D eigenvalue weighted by molar-refractivity contribution is 0.214. The smallest absolute Gasteiger partial charge is 0.220 e. The minimum atomic E-state index is -3.49. The van der Waals surface area contributed by atoms with E-state index in [1.165, 1.54) is 4.31 Å². The third-order valence-electron chi connectivity index (χ3n) is 4.46. The number of fused-ring (bicyclic) bond motifs is 1. The van der Waals surface area contributed by atoms with Crippen LogP contribution in [0, 0.1) is 6.92 Å². The number of nitrogens with zero attached hydrogens (tertiary/aromatic N) is 3. The van der Waals surface area contributed by atoms with Crippen LogP contribution < -0.4 is 4.74 Å². The maximum Gasteiger partial charge on any atom is 0.220 e. The van der Waals surface area contributed by atoms with Gasteiger partial charge in [0.25, 0.3) is 0 Å². The number of rotatable bonds is 5. The van der Waals surface area contributed by atoms with E-state index < -0.39 is 10.0 Å². The molecule has 0 N–H and O–H groups in total. The van der Waals surface area contributed by atoms with Crippen molar-refractivity contribution in [3.63, 3.8) is 0 Å². The molecule has 1 atom stereocenters. The Kier molecular flexibility index (Phi) is 4.37. The van der Waals surface area contributed by atoms with Crippen LogP contribution in [0.3, 0.4) is 0 Å². The van der Waals surface area contributed by atoms with Crippen molar-refractivity contribution in [3.05, 3.63) is 54.0 Å². The molecule has 0 aliphatic carbocycles. The monoisotopic (exact) mass is 373 g/mol. The van der Waals surface area contributed by atoms with Gasteiger partial charge in [0.05, 0.1) is 12.7 Å². The van der Waals surface area contributed by atoms with Crippen molar-refractivity contribution >= 4 is 21.0 Å². The molecule has 26 heavy (non-hydrogen) atoms. The van der Waals surface area contributed by atoms with Crippen molar-refractivity contribution in [2.75, 3.05) is 13.1 Å². The van der Waals surface area contributed by atoms with Crippen molar-refractivity contribution in [3.8, 4) is 5.75 Å². The first-order valence-electron chi connectivity index (χ1n) is 8.42. The first-order valence-corrected chi connectivity index (χ1v) is 10.0. The van der Waals surface area contributed by atoms with Crippen LogP contribution in [0.1, 0.15) is 17.8 Å². The lowest BCUT2D eigenvalue weighted by Gasteiger charge is -2.16. The van der Waals surface area contributed by atoms with Crippen LogP contribution in [-0.2, 0) is 15.8 Å². The van der Waals surface area contributed by atoms with Gasteiger partial charge in [-0.15, -0.1) is 0 Å². The predicted octanol–water partition coefficient (Wildman–Crippen LogP) is 2.51. The van der Waals surface area contributed by atoms with Crippen LogP contribution in [0.5, 0.6) is 5.75 Å². The van der Waals surface area contributed by atoms with Gasteiger partial charge in [-0.25, -0.2) is 8.42 Å². The highest BCUT2D eigenvalue weighted by molar-refractivity contribution is 7.88. The SMILES string of the molecule is Cc1ccc(O[C@H]2CCN(S(=O)(=O)Cc3noc4ccccc34)C2)cn1. The van der Waals surface area contributed by atoms with Gasteiger partial charge in [0.2, 0.25) is 10.0 Å². The number of aromatic nitrogens is 2. The molecular weight excluding hydrogens is 354 g/mol. The van der Waals surface area contributed by atoms with Crippen LogP contribution in [0.15, 0.2) is 47.1 Å². The van der Waals surface area contributed by atoms with E-state index in [2.05, 4.69) is 10.1 Å². The zero-order valence-electron chi connectivity index (χ0n) is 14.3. The summed E-state index contributed by atoms with van der Waals surface area (Å²) in [5, 5.41) is 4.66. The van der Waals surface area contributed by atoms with E-state index in [1.54, 1.807) is 12.3 Å². The number of pyridine rings is 1. The van der Waals surface area contributed by atoms with E-state index >= 15 is 0 Å². The molecule has 0 saturated carbocycles. The van der Waals surface area contributed by atoms with Gasteiger partial charge in [-0.2, -0.15) is 4.31 Å². The number of benzene rings is 1. The summed E-state index contributed by atoms with van der Waals surface area (Å²) in [5.74, 6) is 0.477. The third kappa shape index (κ3) is 3.42. The summed E-state index contributed by atoms with van der Waals surface area (Å²) in [6.45, 7) is 2.66. The first-order chi connectivity index (χ1) is 12.5. The number of aryl methyl sites for hydroxylation is 1. The summed E-state index contributed by atoms with van der Waals surface area (Å²) >= 11 is 0. The Balaban J connectivity index is 1.44. The van der Waals surface area contributed by atoms with Crippen LogP contribution in [-0.4, -0.2) is 42.1 Å². The largest absolute Gasteiger partial charge is 0.487 e. The second kappa shape index (κ2) is 6.69. The van der Waals surface area contributed by atoms with E-state index in [9.17, 15) is 8.42 Å². The van der Waals surface area contributed by atoms with E-state index in [0.29, 0.717) is 36.5 Å². The molecule has 1 aliphatic rings. The quantitative estimate of drug-likeness (QED) is 0.683. The summed E-state index contributed by atoms with van der Waals surface area (Å²) < 4.78 is 38.0. The van der Waals surface area contributed by atoms with Crippen molar-refractivity contribution < 1.29 is 17.7 Å². The molecule has 3 heterocycles. The number of sulfonamides is 1. The second-order valence-electron chi connectivity index (χ2n) is 6.40. The molecule has 1 aromatic carbocycles. The molecule has 136 valence electrons. The zero-order valence-corrected chi connectivity index (χ0v) is 15.1. The number of hydrogen-bond donors (Lipinski definition) is 0. The van der Waals surface area contributed by atoms with Gasteiger partial charge in [0.1, 0.15) is 23.3 Å². The summed E-state index contributed by atoms with van der Waals surface area (Å²) in [4.78, 5) is 4.19. The minimum absolute atomic E-state index is 0.177. The maximum absolute atomic E-state index is 12.8. The molecule has 7 nitrogen and oxygen atoms in total. The Hall–Kier alpha value is -2.45. The highest BCUT2D eigenvalue weighted by atomic mass is 32.2. The lowest BCUT2D eigenvalue weighted by Crippen LogP contribution is -2.32. The maximum atomic E-state index is 12.8. The molecule has 0 spiro atoms. The van der Waals surface area contributed by atoms with Crippen LogP contribution >= 0.6 is 0 Å². The fraction of sp³-hybridized carbons (Fsp3) is 0.333. The Morgan fingerprint density at radius 1 is 1.27 bits per heavy atom. The molecular formula is C18H19N3O4S. The molecule has 0 amide bonds. The van der Waals surface area contributed by atoms with Crippen molar-refractivity contribution in [1.82, 2.24) is 14.4 Å².